The van der Waals surface area contributed by atoms with Gasteiger partial charge in [-0.15, -0.1) is 0 Å². The van der Waals surface area contributed by atoms with E-state index in [4.69, 9.17) is 10.5 Å². The topological polar surface area (TPSA) is 120 Å². The van der Waals surface area contributed by atoms with Crippen LogP contribution in [0, 0.1) is 23.1 Å². The molecule has 2 aromatic heterocycles. The lowest BCUT2D eigenvalue weighted by molar-refractivity contribution is 0.0923. The maximum absolute atomic E-state index is 14.0. The highest BCUT2D eigenvalue weighted by molar-refractivity contribution is 5.99. The van der Waals surface area contributed by atoms with Crippen LogP contribution in [0.1, 0.15) is 47.3 Å². The monoisotopic (exact) mass is 406 g/mol. The smallest absolute Gasteiger partial charge is 0.258 e. The van der Waals surface area contributed by atoms with E-state index in [1.54, 1.807) is 20.9 Å². The highest BCUT2D eigenvalue weighted by Crippen LogP contribution is 2.34. The predicted octanol–water partition coefficient (Wildman–Crippen LogP) is 2.98. The number of nitriles is 1. The number of hydrogen-bond acceptors (Lipinski definition) is 7. The summed E-state index contributed by atoms with van der Waals surface area (Å²) in [6, 6.07) is 6.12. The Morgan fingerprint density at radius 1 is 1.37 bits per heavy atom. The number of aryl methyl sites for hydroxylation is 1. The van der Waals surface area contributed by atoms with Crippen LogP contribution in [0.25, 0.3) is 11.3 Å². The Kier molecular flexibility index (Phi) is 4.70. The average molecular weight is 406 g/mol. The van der Waals surface area contributed by atoms with Gasteiger partial charge in [-0.2, -0.15) is 10.4 Å². The molecule has 0 aliphatic carbocycles. The molecule has 0 saturated heterocycles. The molecular formula is C21H19FN6O2. The Balaban J connectivity index is 1.98. The van der Waals surface area contributed by atoms with Gasteiger partial charge >= 0.3 is 0 Å². The zero-order valence-electron chi connectivity index (χ0n) is 16.7. The average Bonchev–Trinajstić information content (AvgIpc) is 3.03. The molecular weight excluding hydrogens is 387 g/mol. The minimum absolute atomic E-state index is 0.0370. The first-order valence-corrected chi connectivity index (χ1v) is 9.39. The van der Waals surface area contributed by atoms with Crippen molar-refractivity contribution < 1.29 is 13.9 Å². The molecule has 1 aromatic carbocycles. The number of ether oxygens (including phenoxy) is 1. The molecule has 3 heterocycles. The highest BCUT2D eigenvalue weighted by Gasteiger charge is 2.28. The van der Waals surface area contributed by atoms with Gasteiger partial charge in [0.25, 0.3) is 5.88 Å². The van der Waals surface area contributed by atoms with Gasteiger partial charge in [-0.3, -0.25) is 9.48 Å². The van der Waals surface area contributed by atoms with E-state index in [-0.39, 0.29) is 23.9 Å². The second-order valence-electron chi connectivity index (χ2n) is 7.31. The molecule has 2 unspecified atom stereocenters. The summed E-state index contributed by atoms with van der Waals surface area (Å²) in [6.07, 6.45) is 1.01. The van der Waals surface area contributed by atoms with Crippen molar-refractivity contribution in [1.82, 2.24) is 19.7 Å². The van der Waals surface area contributed by atoms with E-state index in [1.807, 2.05) is 0 Å². The van der Waals surface area contributed by atoms with Gasteiger partial charge in [-0.1, -0.05) is 6.92 Å². The van der Waals surface area contributed by atoms with E-state index in [0.29, 0.717) is 33.8 Å². The second kappa shape index (κ2) is 7.22. The van der Waals surface area contributed by atoms with Crippen molar-refractivity contribution in [3.8, 4) is 23.2 Å². The van der Waals surface area contributed by atoms with E-state index < -0.39 is 17.8 Å². The van der Waals surface area contributed by atoms with Crippen LogP contribution in [0.4, 0.5) is 10.2 Å². The minimum atomic E-state index is -0.707. The fraction of sp³-hybridized carbons (Fsp3) is 0.286. The summed E-state index contributed by atoms with van der Waals surface area (Å²) >= 11 is 0. The maximum atomic E-state index is 14.0. The number of nitrogens with zero attached hydrogens (tertiary/aromatic N) is 5. The molecule has 0 fully saturated rings. The van der Waals surface area contributed by atoms with Crippen LogP contribution < -0.4 is 10.5 Å². The number of aromatic nitrogens is 4. The summed E-state index contributed by atoms with van der Waals surface area (Å²) in [5.74, 6) is -1.03. The predicted molar refractivity (Wildman–Crippen MR) is 106 cm³/mol. The zero-order chi connectivity index (χ0) is 21.6. The van der Waals surface area contributed by atoms with E-state index in [9.17, 15) is 14.4 Å². The number of carbonyl (C=O) groups excluding carboxylic acids is 1. The SMILES string of the molecule is CC1Cc2nn(C)c(C#N)c2-c2cnc(N)c(n2)OC(C)c2cc(F)ccc2C1=O. The van der Waals surface area contributed by atoms with Crippen molar-refractivity contribution in [2.45, 2.75) is 26.4 Å². The van der Waals surface area contributed by atoms with Crippen LogP contribution in [0.15, 0.2) is 24.4 Å². The fourth-order valence-corrected chi connectivity index (χ4v) is 3.68. The van der Waals surface area contributed by atoms with Crippen LogP contribution >= 0.6 is 0 Å². The summed E-state index contributed by atoms with van der Waals surface area (Å²) in [6.45, 7) is 3.46. The summed E-state index contributed by atoms with van der Waals surface area (Å²) in [4.78, 5) is 21.8. The molecule has 0 saturated carbocycles. The van der Waals surface area contributed by atoms with Crippen molar-refractivity contribution in [2.24, 2.45) is 13.0 Å². The Morgan fingerprint density at radius 2 is 2.13 bits per heavy atom. The normalized spacial score (nSPS) is 18.3. The Labute approximate surface area is 172 Å². The van der Waals surface area contributed by atoms with Crippen molar-refractivity contribution in [3.05, 3.63) is 52.7 Å². The Hall–Kier alpha value is -3.80. The van der Waals surface area contributed by atoms with E-state index in [1.165, 1.54) is 29.1 Å². The maximum Gasteiger partial charge on any atom is 0.258 e. The third-order valence-electron chi connectivity index (χ3n) is 5.20. The molecule has 9 heteroatoms. The number of carbonyl (C=O) groups is 1. The fourth-order valence-electron chi connectivity index (χ4n) is 3.68. The number of rotatable bonds is 0. The van der Waals surface area contributed by atoms with E-state index in [0.717, 1.165) is 0 Å². The molecule has 0 spiro atoms. The number of hydrogen-bond donors (Lipinski definition) is 1. The van der Waals surface area contributed by atoms with Gasteiger partial charge in [0.2, 0.25) is 0 Å². The molecule has 2 bridgehead atoms. The van der Waals surface area contributed by atoms with Crippen molar-refractivity contribution in [3.63, 3.8) is 0 Å². The van der Waals surface area contributed by atoms with Gasteiger partial charge in [0, 0.05) is 30.5 Å². The first-order chi connectivity index (χ1) is 14.3. The van der Waals surface area contributed by atoms with Gasteiger partial charge in [0.05, 0.1) is 23.1 Å². The zero-order valence-corrected chi connectivity index (χ0v) is 16.7. The third kappa shape index (κ3) is 3.16. The number of nitrogens with two attached hydrogens (primary N) is 1. The van der Waals surface area contributed by atoms with Gasteiger partial charge in [0.15, 0.2) is 11.6 Å². The Morgan fingerprint density at radius 3 is 2.87 bits per heavy atom. The third-order valence-corrected chi connectivity index (χ3v) is 5.20. The van der Waals surface area contributed by atoms with Crippen LogP contribution in [0.3, 0.4) is 0 Å². The number of fused-ring (bicyclic) bond motifs is 5. The van der Waals surface area contributed by atoms with E-state index >= 15 is 0 Å². The molecule has 0 radical (unpaired) electrons. The number of nitrogen functional groups attached to an aromatic ring is 1. The quantitative estimate of drug-likeness (QED) is 0.609. The molecule has 1 aliphatic heterocycles. The first-order valence-electron chi connectivity index (χ1n) is 9.39. The second-order valence-corrected chi connectivity index (χ2v) is 7.31. The van der Waals surface area contributed by atoms with Gasteiger partial charge in [0.1, 0.15) is 23.7 Å². The number of Topliss-reactive ketones (excluding diaryl/α,β-unsaturated/α-hetero) is 1. The lowest BCUT2D eigenvalue weighted by Gasteiger charge is -2.21. The lowest BCUT2D eigenvalue weighted by atomic mass is 9.89. The molecule has 152 valence electrons. The minimum Gasteiger partial charge on any atom is -0.467 e. The number of halogens is 1. The molecule has 30 heavy (non-hydrogen) atoms. The van der Waals surface area contributed by atoms with Crippen LogP contribution in [-0.4, -0.2) is 25.5 Å². The van der Waals surface area contributed by atoms with Crippen LogP contribution in [-0.2, 0) is 13.5 Å². The molecule has 0 amide bonds. The lowest BCUT2D eigenvalue weighted by Crippen LogP contribution is -2.20. The molecule has 2 atom stereocenters. The number of benzene rings is 1. The van der Waals surface area contributed by atoms with E-state index in [2.05, 4.69) is 21.1 Å². The van der Waals surface area contributed by atoms with Gasteiger partial charge in [-0.25, -0.2) is 14.4 Å². The van der Waals surface area contributed by atoms with Gasteiger partial charge < -0.3 is 10.5 Å². The molecule has 2 N–H and O–H groups in total. The van der Waals surface area contributed by atoms with Crippen molar-refractivity contribution in [1.29, 1.82) is 5.26 Å². The summed E-state index contributed by atoms with van der Waals surface area (Å²) in [5.41, 5.74) is 8.40. The first kappa shape index (κ1) is 19.5. The highest BCUT2D eigenvalue weighted by atomic mass is 19.1. The molecule has 1 aliphatic rings. The molecule has 4 rings (SSSR count). The summed E-state index contributed by atoms with van der Waals surface area (Å²) < 4.78 is 21.3. The largest absolute Gasteiger partial charge is 0.467 e. The van der Waals surface area contributed by atoms with Crippen molar-refractivity contribution >= 4 is 11.6 Å². The Bertz CT molecular complexity index is 1210. The number of anilines is 1. The van der Waals surface area contributed by atoms with Gasteiger partial charge in [-0.05, 0) is 25.1 Å². The standard InChI is InChI=1S/C21H19FN6O2/c1-10-6-15-18(17(8-23)28(3)27-15)16-9-25-20(24)21(26-16)30-11(2)14-7-12(22)4-5-13(14)19(10)29/h4-5,7,9-11H,6H2,1-3H3,(H2,24,25). The molecule has 3 aromatic rings. The summed E-state index contributed by atoms with van der Waals surface area (Å²) in [5, 5.41) is 14.1. The number of ketones is 1. The molecule has 8 nitrogen and oxygen atoms in total. The van der Waals surface area contributed by atoms with Crippen LogP contribution in [0.2, 0.25) is 0 Å². The van der Waals surface area contributed by atoms with Crippen LogP contribution in [0.5, 0.6) is 5.88 Å². The summed E-state index contributed by atoms with van der Waals surface area (Å²) in [7, 11) is 1.65. The van der Waals surface area contributed by atoms with Crippen molar-refractivity contribution in [2.75, 3.05) is 5.73 Å².